The van der Waals surface area contributed by atoms with E-state index in [2.05, 4.69) is 10.3 Å². The van der Waals surface area contributed by atoms with Gasteiger partial charge in [0, 0.05) is 19.2 Å². The highest BCUT2D eigenvalue weighted by molar-refractivity contribution is 5.98. The number of pyridine rings is 1. The smallest absolute Gasteiger partial charge is 0.326 e. The van der Waals surface area contributed by atoms with Crippen molar-refractivity contribution in [2.24, 2.45) is 0 Å². The minimum Gasteiger partial charge on any atom is -0.480 e. The van der Waals surface area contributed by atoms with Crippen LogP contribution >= 0.6 is 0 Å². The second-order valence-corrected chi connectivity index (χ2v) is 3.32. The number of nitrogens with zero attached hydrogens (tertiary/aromatic N) is 1. The molecule has 0 aliphatic carbocycles. The van der Waals surface area contributed by atoms with E-state index in [-0.39, 0.29) is 24.4 Å². The molecule has 7 heteroatoms. The van der Waals surface area contributed by atoms with Gasteiger partial charge in [0.15, 0.2) is 5.69 Å². The van der Waals surface area contributed by atoms with Gasteiger partial charge in [-0.2, -0.15) is 0 Å². The Morgan fingerprint density at radius 2 is 2.24 bits per heavy atom. The van der Waals surface area contributed by atoms with Crippen molar-refractivity contribution in [3.05, 3.63) is 24.0 Å². The molecular weight excluding hydrogens is 226 g/mol. The minimum absolute atomic E-state index is 0.0308. The summed E-state index contributed by atoms with van der Waals surface area (Å²) in [7, 11) is 0. The van der Waals surface area contributed by atoms with E-state index < -0.39 is 17.9 Å². The normalized spacial score (nSPS) is 11.8. The summed E-state index contributed by atoms with van der Waals surface area (Å²) in [5.41, 5.74) is 5.66. The van der Waals surface area contributed by atoms with Gasteiger partial charge in [-0.3, -0.25) is 4.79 Å². The number of aliphatic carboxylic acids is 1. The number of hydrogen-bond acceptors (Lipinski definition) is 5. The number of carbonyl (C=O) groups is 2. The molecule has 0 unspecified atom stereocenters. The van der Waals surface area contributed by atoms with Gasteiger partial charge in [-0.25, -0.2) is 9.78 Å². The summed E-state index contributed by atoms with van der Waals surface area (Å²) in [4.78, 5) is 26.2. The fraction of sp³-hybridized carbons (Fsp3) is 0.300. The molecule has 1 aromatic heterocycles. The number of anilines is 1. The van der Waals surface area contributed by atoms with Crippen molar-refractivity contribution in [3.8, 4) is 0 Å². The number of aliphatic hydroxyl groups is 1. The standard InChI is InChI=1S/C10H13N3O4/c11-6-2-1-4-12-8(6)9(15)13-7(3-5-14)10(16)17/h1-2,4,7,14H,3,5,11H2,(H,13,15)(H,16,17)/t7-/m1/s1. The maximum absolute atomic E-state index is 11.7. The third-order valence-corrected chi connectivity index (χ3v) is 2.08. The van der Waals surface area contributed by atoms with E-state index in [4.69, 9.17) is 15.9 Å². The molecule has 0 saturated carbocycles. The van der Waals surface area contributed by atoms with Crippen molar-refractivity contribution in [3.63, 3.8) is 0 Å². The fourth-order valence-corrected chi connectivity index (χ4v) is 1.22. The highest BCUT2D eigenvalue weighted by Gasteiger charge is 2.21. The second kappa shape index (κ2) is 5.80. The summed E-state index contributed by atoms with van der Waals surface area (Å²) in [5, 5.41) is 19.7. The molecule has 92 valence electrons. The van der Waals surface area contributed by atoms with Crippen molar-refractivity contribution in [2.75, 3.05) is 12.3 Å². The maximum Gasteiger partial charge on any atom is 0.326 e. The van der Waals surface area contributed by atoms with Crippen LogP contribution in [0, 0.1) is 0 Å². The first-order chi connectivity index (χ1) is 8.06. The zero-order chi connectivity index (χ0) is 12.8. The Kier molecular flexibility index (Phi) is 4.41. The predicted molar refractivity (Wildman–Crippen MR) is 59.2 cm³/mol. The van der Waals surface area contributed by atoms with Crippen LogP contribution in [0.1, 0.15) is 16.9 Å². The Morgan fingerprint density at radius 1 is 1.53 bits per heavy atom. The molecule has 1 amide bonds. The lowest BCUT2D eigenvalue weighted by molar-refractivity contribution is -0.139. The summed E-state index contributed by atoms with van der Waals surface area (Å²) in [6.07, 6.45) is 1.31. The molecule has 1 heterocycles. The van der Waals surface area contributed by atoms with E-state index in [1.165, 1.54) is 12.3 Å². The van der Waals surface area contributed by atoms with Crippen LogP contribution in [0.4, 0.5) is 5.69 Å². The van der Waals surface area contributed by atoms with E-state index in [0.29, 0.717) is 0 Å². The molecule has 7 nitrogen and oxygen atoms in total. The molecule has 5 N–H and O–H groups in total. The van der Waals surface area contributed by atoms with Gasteiger partial charge in [0.2, 0.25) is 0 Å². The summed E-state index contributed by atoms with van der Waals surface area (Å²) < 4.78 is 0. The largest absolute Gasteiger partial charge is 0.480 e. The van der Waals surface area contributed by atoms with Gasteiger partial charge < -0.3 is 21.3 Å². The molecule has 0 radical (unpaired) electrons. The molecule has 17 heavy (non-hydrogen) atoms. The third-order valence-electron chi connectivity index (χ3n) is 2.08. The van der Waals surface area contributed by atoms with Crippen molar-refractivity contribution >= 4 is 17.6 Å². The zero-order valence-electron chi connectivity index (χ0n) is 8.96. The van der Waals surface area contributed by atoms with Gasteiger partial charge in [-0.15, -0.1) is 0 Å². The Morgan fingerprint density at radius 3 is 2.76 bits per heavy atom. The van der Waals surface area contributed by atoms with Crippen LogP contribution in [0.3, 0.4) is 0 Å². The lowest BCUT2D eigenvalue weighted by Crippen LogP contribution is -2.41. The molecule has 0 fully saturated rings. The number of carboxylic acids is 1. The highest BCUT2D eigenvalue weighted by atomic mass is 16.4. The van der Waals surface area contributed by atoms with Crippen molar-refractivity contribution < 1.29 is 19.8 Å². The van der Waals surface area contributed by atoms with Crippen molar-refractivity contribution in [1.82, 2.24) is 10.3 Å². The van der Waals surface area contributed by atoms with Gasteiger partial charge in [0.05, 0.1) is 5.69 Å². The fourth-order valence-electron chi connectivity index (χ4n) is 1.22. The molecule has 1 rings (SSSR count). The number of rotatable bonds is 5. The second-order valence-electron chi connectivity index (χ2n) is 3.32. The first-order valence-electron chi connectivity index (χ1n) is 4.91. The molecule has 0 aromatic carbocycles. The lowest BCUT2D eigenvalue weighted by atomic mass is 10.2. The predicted octanol–water partition coefficient (Wildman–Crippen LogP) is -0.771. The number of nitrogens with one attached hydrogen (secondary N) is 1. The van der Waals surface area contributed by atoms with Crippen LogP contribution in [0.2, 0.25) is 0 Å². The van der Waals surface area contributed by atoms with Crippen LogP contribution in [0.5, 0.6) is 0 Å². The summed E-state index contributed by atoms with van der Waals surface area (Å²) >= 11 is 0. The molecule has 0 aliphatic rings. The average molecular weight is 239 g/mol. The number of carboxylic acid groups (broad SMARTS) is 1. The average Bonchev–Trinajstić information content (AvgIpc) is 2.28. The molecule has 1 aromatic rings. The van der Waals surface area contributed by atoms with E-state index in [9.17, 15) is 9.59 Å². The number of carbonyl (C=O) groups excluding carboxylic acids is 1. The summed E-state index contributed by atoms with van der Waals surface area (Å²) in [5.74, 6) is -1.90. The van der Waals surface area contributed by atoms with Gasteiger partial charge in [-0.05, 0) is 12.1 Å². The van der Waals surface area contributed by atoms with Crippen LogP contribution in [-0.2, 0) is 4.79 Å². The van der Waals surface area contributed by atoms with Crippen LogP contribution in [0.15, 0.2) is 18.3 Å². The number of nitrogen functional groups attached to an aromatic ring is 1. The Balaban J connectivity index is 2.77. The van der Waals surface area contributed by atoms with Gasteiger partial charge in [0.1, 0.15) is 6.04 Å². The maximum atomic E-state index is 11.7. The van der Waals surface area contributed by atoms with Crippen LogP contribution in [-0.4, -0.2) is 39.7 Å². The van der Waals surface area contributed by atoms with E-state index in [1.54, 1.807) is 6.07 Å². The number of aromatic nitrogens is 1. The van der Waals surface area contributed by atoms with E-state index in [1.807, 2.05) is 0 Å². The van der Waals surface area contributed by atoms with Gasteiger partial charge in [0.25, 0.3) is 5.91 Å². The first-order valence-corrected chi connectivity index (χ1v) is 4.91. The number of hydrogen-bond donors (Lipinski definition) is 4. The first kappa shape index (κ1) is 12.9. The number of nitrogens with two attached hydrogens (primary N) is 1. The quantitative estimate of drug-likeness (QED) is 0.534. The van der Waals surface area contributed by atoms with Crippen LogP contribution in [0.25, 0.3) is 0 Å². The minimum atomic E-state index is -1.22. The topological polar surface area (TPSA) is 126 Å². The summed E-state index contributed by atoms with van der Waals surface area (Å²) in [6, 6.07) is 1.90. The molecule has 0 spiro atoms. The Bertz CT molecular complexity index is 422. The molecule has 0 saturated heterocycles. The lowest BCUT2D eigenvalue weighted by Gasteiger charge is -2.13. The molecule has 0 bridgehead atoms. The van der Waals surface area contributed by atoms with Gasteiger partial charge >= 0.3 is 5.97 Å². The van der Waals surface area contributed by atoms with E-state index >= 15 is 0 Å². The van der Waals surface area contributed by atoms with Crippen molar-refractivity contribution in [2.45, 2.75) is 12.5 Å². The highest BCUT2D eigenvalue weighted by Crippen LogP contribution is 2.07. The molecule has 1 atom stereocenters. The molecular formula is C10H13N3O4. The Hall–Kier alpha value is -2.15. The monoisotopic (exact) mass is 239 g/mol. The number of amides is 1. The van der Waals surface area contributed by atoms with Crippen LogP contribution < -0.4 is 11.1 Å². The van der Waals surface area contributed by atoms with Gasteiger partial charge in [-0.1, -0.05) is 0 Å². The van der Waals surface area contributed by atoms with E-state index in [0.717, 1.165) is 0 Å². The molecule has 0 aliphatic heterocycles. The third kappa shape index (κ3) is 3.42. The van der Waals surface area contributed by atoms with Crippen molar-refractivity contribution in [1.29, 1.82) is 0 Å². The SMILES string of the molecule is Nc1cccnc1C(=O)N[C@H](CCO)C(=O)O. The Labute approximate surface area is 97.3 Å². The zero-order valence-corrected chi connectivity index (χ0v) is 8.96. The summed E-state index contributed by atoms with van der Waals surface area (Å²) in [6.45, 7) is -0.338. The number of aliphatic hydroxyl groups excluding tert-OH is 1.